The highest BCUT2D eigenvalue weighted by Gasteiger charge is 2.30. The number of carbonyl (C=O) groups excluding carboxylic acids is 1. The number of esters is 1. The van der Waals surface area contributed by atoms with E-state index in [-0.39, 0.29) is 24.1 Å². The van der Waals surface area contributed by atoms with Gasteiger partial charge in [0.15, 0.2) is 0 Å². The van der Waals surface area contributed by atoms with E-state index in [1.165, 1.54) is 38.5 Å². The van der Waals surface area contributed by atoms with Gasteiger partial charge < -0.3 is 14.2 Å². The van der Waals surface area contributed by atoms with Gasteiger partial charge in [-0.15, -0.1) is 0 Å². The summed E-state index contributed by atoms with van der Waals surface area (Å²) >= 11 is 0. The van der Waals surface area contributed by atoms with Crippen molar-refractivity contribution in [3.63, 3.8) is 0 Å². The molecule has 3 saturated carbocycles. The van der Waals surface area contributed by atoms with Crippen LogP contribution < -0.4 is 0 Å². The van der Waals surface area contributed by atoms with Gasteiger partial charge in [0.05, 0.1) is 18.1 Å². The molecule has 0 unspecified atom stereocenters. The van der Waals surface area contributed by atoms with Crippen LogP contribution in [0, 0.1) is 17.8 Å². The first kappa shape index (κ1) is 20.1. The summed E-state index contributed by atoms with van der Waals surface area (Å²) in [6.45, 7) is 5.03. The van der Waals surface area contributed by atoms with Gasteiger partial charge >= 0.3 is 5.97 Å². The molecule has 4 nitrogen and oxygen atoms in total. The Morgan fingerprint density at radius 2 is 1.08 bits per heavy atom. The molecule has 3 aliphatic rings. The topological polar surface area (TPSA) is 44.8 Å². The van der Waals surface area contributed by atoms with Gasteiger partial charge in [-0.25, -0.2) is 0 Å². The normalized spacial score (nSPS) is 38.7. The average molecular weight is 367 g/mol. The van der Waals surface area contributed by atoms with Crippen molar-refractivity contribution in [2.45, 2.75) is 109 Å². The molecule has 4 heteroatoms. The van der Waals surface area contributed by atoms with E-state index in [0.717, 1.165) is 50.4 Å². The molecule has 0 amide bonds. The van der Waals surface area contributed by atoms with Crippen molar-refractivity contribution in [2.75, 3.05) is 6.79 Å². The predicted octanol–water partition coefficient (Wildman–Crippen LogP) is 5.24. The second kappa shape index (κ2) is 10.1. The molecule has 0 heterocycles. The van der Waals surface area contributed by atoms with Gasteiger partial charge in [-0.2, -0.15) is 0 Å². The van der Waals surface area contributed by atoms with Crippen molar-refractivity contribution in [1.82, 2.24) is 0 Å². The standard InChI is InChI=1S/C22H38O4/c1-16-3-7-18(8-4-16)22(23)26-21-13-11-20(12-14-21)25-15-24-19-9-5-17(2)6-10-19/h16-21H,3-15H2,1-2H3. The first-order chi connectivity index (χ1) is 12.6. The van der Waals surface area contributed by atoms with Crippen LogP contribution in [0.5, 0.6) is 0 Å². The lowest BCUT2D eigenvalue weighted by molar-refractivity contribution is -0.163. The van der Waals surface area contributed by atoms with Crippen LogP contribution in [0.25, 0.3) is 0 Å². The summed E-state index contributed by atoms with van der Waals surface area (Å²) in [5.74, 6) is 1.82. The van der Waals surface area contributed by atoms with Gasteiger partial charge in [-0.1, -0.05) is 13.8 Å². The van der Waals surface area contributed by atoms with E-state index < -0.39 is 0 Å². The van der Waals surface area contributed by atoms with E-state index in [0.29, 0.717) is 12.9 Å². The SMILES string of the molecule is CC1CCC(OCOC2CCC(OC(=O)C3CCC(C)CC3)CC2)CC1. The minimum Gasteiger partial charge on any atom is -0.462 e. The van der Waals surface area contributed by atoms with E-state index in [9.17, 15) is 4.79 Å². The average Bonchev–Trinajstić information content (AvgIpc) is 2.65. The molecule has 0 aromatic carbocycles. The highest BCUT2D eigenvalue weighted by atomic mass is 16.7. The summed E-state index contributed by atoms with van der Waals surface area (Å²) in [6, 6.07) is 0. The Balaban J connectivity index is 1.26. The Morgan fingerprint density at radius 3 is 1.62 bits per heavy atom. The zero-order chi connectivity index (χ0) is 18.4. The van der Waals surface area contributed by atoms with Crippen molar-refractivity contribution in [1.29, 1.82) is 0 Å². The summed E-state index contributed by atoms with van der Waals surface area (Å²) in [5.41, 5.74) is 0. The molecule has 150 valence electrons. The van der Waals surface area contributed by atoms with Crippen molar-refractivity contribution in [3.05, 3.63) is 0 Å². The fourth-order valence-electron chi connectivity index (χ4n) is 4.70. The number of hydrogen-bond donors (Lipinski definition) is 0. The molecule has 3 fully saturated rings. The highest BCUT2D eigenvalue weighted by Crippen LogP contribution is 2.31. The van der Waals surface area contributed by atoms with E-state index in [1.807, 2.05) is 0 Å². The minimum atomic E-state index is 0.0520. The first-order valence-corrected chi connectivity index (χ1v) is 11.0. The summed E-state index contributed by atoms with van der Waals surface area (Å²) in [7, 11) is 0. The summed E-state index contributed by atoms with van der Waals surface area (Å²) in [6.07, 6.45) is 13.8. The quantitative estimate of drug-likeness (QED) is 0.476. The minimum absolute atomic E-state index is 0.0520. The largest absolute Gasteiger partial charge is 0.462 e. The molecule has 3 aliphatic carbocycles. The molecule has 0 N–H and O–H groups in total. The van der Waals surface area contributed by atoms with Crippen LogP contribution in [-0.2, 0) is 19.0 Å². The van der Waals surface area contributed by atoms with Crippen molar-refractivity contribution in [2.24, 2.45) is 17.8 Å². The summed E-state index contributed by atoms with van der Waals surface area (Å²) in [4.78, 5) is 12.4. The molecule has 0 bridgehead atoms. The maximum absolute atomic E-state index is 12.4. The lowest BCUT2D eigenvalue weighted by Gasteiger charge is -2.31. The van der Waals surface area contributed by atoms with Gasteiger partial charge in [0.2, 0.25) is 0 Å². The van der Waals surface area contributed by atoms with Crippen LogP contribution in [0.1, 0.15) is 90.9 Å². The van der Waals surface area contributed by atoms with Gasteiger partial charge in [0.1, 0.15) is 12.9 Å². The number of hydrogen-bond acceptors (Lipinski definition) is 4. The second-order valence-electron chi connectivity index (χ2n) is 9.13. The Kier molecular flexibility index (Phi) is 7.80. The smallest absolute Gasteiger partial charge is 0.309 e. The summed E-state index contributed by atoms with van der Waals surface area (Å²) < 4.78 is 17.6. The second-order valence-corrected chi connectivity index (χ2v) is 9.13. The van der Waals surface area contributed by atoms with Crippen molar-refractivity contribution < 1.29 is 19.0 Å². The predicted molar refractivity (Wildman–Crippen MR) is 102 cm³/mol. The van der Waals surface area contributed by atoms with E-state index >= 15 is 0 Å². The molecule has 0 spiro atoms. The van der Waals surface area contributed by atoms with Crippen LogP contribution >= 0.6 is 0 Å². The van der Waals surface area contributed by atoms with Crippen LogP contribution in [0.4, 0.5) is 0 Å². The van der Waals surface area contributed by atoms with E-state index in [4.69, 9.17) is 14.2 Å². The Morgan fingerprint density at radius 1 is 0.654 bits per heavy atom. The Bertz CT molecular complexity index is 414. The fraction of sp³-hybridized carbons (Fsp3) is 0.955. The fourth-order valence-corrected chi connectivity index (χ4v) is 4.70. The van der Waals surface area contributed by atoms with Crippen molar-refractivity contribution in [3.8, 4) is 0 Å². The highest BCUT2D eigenvalue weighted by molar-refractivity contribution is 5.72. The van der Waals surface area contributed by atoms with Crippen LogP contribution in [0.3, 0.4) is 0 Å². The number of ether oxygens (including phenoxy) is 3. The van der Waals surface area contributed by atoms with Crippen LogP contribution in [0.2, 0.25) is 0 Å². The zero-order valence-electron chi connectivity index (χ0n) is 16.8. The third-order valence-electron chi connectivity index (χ3n) is 6.82. The Hall–Kier alpha value is -0.610. The lowest BCUT2D eigenvalue weighted by atomic mass is 9.83. The third kappa shape index (κ3) is 6.23. The van der Waals surface area contributed by atoms with E-state index in [1.54, 1.807) is 0 Å². The molecule has 0 aliphatic heterocycles. The maximum atomic E-state index is 12.4. The lowest BCUT2D eigenvalue weighted by Crippen LogP contribution is -2.32. The molecule has 0 aromatic heterocycles. The summed E-state index contributed by atoms with van der Waals surface area (Å²) in [5, 5.41) is 0. The monoisotopic (exact) mass is 366 g/mol. The van der Waals surface area contributed by atoms with Gasteiger partial charge in [-0.3, -0.25) is 4.79 Å². The first-order valence-electron chi connectivity index (χ1n) is 11.0. The van der Waals surface area contributed by atoms with E-state index in [2.05, 4.69) is 13.8 Å². The molecule has 0 radical (unpaired) electrons. The number of carbonyl (C=O) groups is 1. The van der Waals surface area contributed by atoms with Gasteiger partial charge in [0.25, 0.3) is 0 Å². The number of rotatable bonds is 6. The molecule has 0 saturated heterocycles. The van der Waals surface area contributed by atoms with Crippen LogP contribution in [0.15, 0.2) is 0 Å². The van der Waals surface area contributed by atoms with Crippen molar-refractivity contribution >= 4 is 5.97 Å². The Labute approximate surface area is 159 Å². The molecule has 0 atom stereocenters. The molecule has 26 heavy (non-hydrogen) atoms. The van der Waals surface area contributed by atoms with Gasteiger partial charge in [-0.05, 0) is 88.9 Å². The maximum Gasteiger partial charge on any atom is 0.309 e. The molecular weight excluding hydrogens is 328 g/mol. The zero-order valence-corrected chi connectivity index (χ0v) is 16.8. The van der Waals surface area contributed by atoms with Gasteiger partial charge in [0, 0.05) is 0 Å². The molecule has 0 aromatic rings. The third-order valence-corrected chi connectivity index (χ3v) is 6.82. The van der Waals surface area contributed by atoms with Crippen LogP contribution in [-0.4, -0.2) is 31.1 Å². The molecular formula is C22H38O4. The molecule has 3 rings (SSSR count).